The molecule has 1 aromatic heterocycles. The van der Waals surface area contributed by atoms with Gasteiger partial charge in [-0.05, 0) is 38.0 Å². The maximum Gasteiger partial charge on any atom is 0.243 e. The SMILES string of the molecule is CCN(CC(=O)N1CCn2cccc2C1c1ccc(F)cc1F)C(=O)C1CCC1. The van der Waals surface area contributed by atoms with Crippen LogP contribution in [0, 0.1) is 17.6 Å². The molecule has 1 atom stereocenters. The van der Waals surface area contributed by atoms with E-state index < -0.39 is 17.7 Å². The number of likely N-dealkylation sites (N-methyl/N-ethyl adjacent to an activating group) is 1. The Morgan fingerprint density at radius 2 is 1.97 bits per heavy atom. The quantitative estimate of drug-likeness (QED) is 0.771. The van der Waals surface area contributed by atoms with Crippen LogP contribution in [0.25, 0.3) is 0 Å². The van der Waals surface area contributed by atoms with E-state index in [-0.39, 0.29) is 29.8 Å². The van der Waals surface area contributed by atoms with Crippen LogP contribution in [0.3, 0.4) is 0 Å². The molecule has 2 aliphatic rings. The molecule has 0 N–H and O–H groups in total. The van der Waals surface area contributed by atoms with Crippen LogP contribution in [-0.4, -0.2) is 45.8 Å². The summed E-state index contributed by atoms with van der Waals surface area (Å²) in [7, 11) is 0. The number of nitrogens with zero attached hydrogens (tertiary/aromatic N) is 3. The van der Waals surface area contributed by atoms with Gasteiger partial charge in [0, 0.05) is 49.1 Å². The molecule has 2 aromatic rings. The van der Waals surface area contributed by atoms with Crippen LogP contribution in [-0.2, 0) is 16.1 Å². The Morgan fingerprint density at radius 3 is 2.62 bits per heavy atom. The number of benzene rings is 1. The normalized spacial score (nSPS) is 18.9. The van der Waals surface area contributed by atoms with Gasteiger partial charge in [0.15, 0.2) is 0 Å². The number of halogens is 2. The van der Waals surface area contributed by atoms with Crippen LogP contribution in [0.1, 0.15) is 43.5 Å². The number of carbonyl (C=O) groups excluding carboxylic acids is 2. The fourth-order valence-corrected chi connectivity index (χ4v) is 4.22. The first-order chi connectivity index (χ1) is 14.0. The van der Waals surface area contributed by atoms with E-state index in [4.69, 9.17) is 0 Å². The lowest BCUT2D eigenvalue weighted by atomic mass is 9.84. The van der Waals surface area contributed by atoms with Crippen molar-refractivity contribution in [3.05, 3.63) is 59.4 Å². The number of rotatable bonds is 5. The highest BCUT2D eigenvalue weighted by Gasteiger charge is 2.36. The topological polar surface area (TPSA) is 45.6 Å². The summed E-state index contributed by atoms with van der Waals surface area (Å²) in [5.41, 5.74) is 1.04. The number of carbonyl (C=O) groups is 2. The largest absolute Gasteiger partial charge is 0.348 e. The lowest BCUT2D eigenvalue weighted by molar-refractivity contribution is -0.145. The number of hydrogen-bond donors (Lipinski definition) is 0. The summed E-state index contributed by atoms with van der Waals surface area (Å²) in [5, 5.41) is 0. The number of aromatic nitrogens is 1. The molecule has 0 saturated heterocycles. The molecule has 1 unspecified atom stereocenters. The number of amides is 2. The second kappa shape index (κ2) is 7.97. The number of hydrogen-bond acceptors (Lipinski definition) is 2. The second-order valence-electron chi connectivity index (χ2n) is 7.76. The zero-order chi connectivity index (χ0) is 20.5. The van der Waals surface area contributed by atoms with E-state index >= 15 is 0 Å². The summed E-state index contributed by atoms with van der Waals surface area (Å²) in [6.07, 6.45) is 4.70. The third-order valence-corrected chi connectivity index (χ3v) is 6.09. The summed E-state index contributed by atoms with van der Waals surface area (Å²) in [6.45, 7) is 3.29. The van der Waals surface area contributed by atoms with E-state index in [0.717, 1.165) is 31.0 Å². The van der Waals surface area contributed by atoms with Gasteiger partial charge in [0.1, 0.15) is 17.7 Å². The summed E-state index contributed by atoms with van der Waals surface area (Å²) in [4.78, 5) is 29.1. The molecule has 4 rings (SSSR count). The predicted octanol–water partition coefficient (Wildman–Crippen LogP) is 3.35. The van der Waals surface area contributed by atoms with Crippen molar-refractivity contribution in [1.29, 1.82) is 0 Å². The molecule has 7 heteroatoms. The number of fused-ring (bicyclic) bond motifs is 1. The smallest absolute Gasteiger partial charge is 0.243 e. The molecule has 1 fully saturated rings. The minimum Gasteiger partial charge on any atom is -0.348 e. The van der Waals surface area contributed by atoms with E-state index in [9.17, 15) is 18.4 Å². The van der Waals surface area contributed by atoms with E-state index in [2.05, 4.69) is 0 Å². The van der Waals surface area contributed by atoms with Gasteiger partial charge in [-0.25, -0.2) is 8.78 Å². The van der Waals surface area contributed by atoms with E-state index in [1.54, 1.807) is 9.80 Å². The Balaban J connectivity index is 1.62. The minimum absolute atomic E-state index is 0.0201. The first kappa shape index (κ1) is 19.6. The van der Waals surface area contributed by atoms with Crippen molar-refractivity contribution in [2.24, 2.45) is 5.92 Å². The molecule has 0 radical (unpaired) electrons. The lowest BCUT2D eigenvalue weighted by Gasteiger charge is -2.39. The second-order valence-corrected chi connectivity index (χ2v) is 7.76. The van der Waals surface area contributed by atoms with Gasteiger partial charge in [-0.15, -0.1) is 0 Å². The molecule has 1 aliphatic carbocycles. The lowest BCUT2D eigenvalue weighted by Crippen LogP contribution is -2.49. The maximum absolute atomic E-state index is 14.6. The molecule has 0 bridgehead atoms. The van der Waals surface area contributed by atoms with Crippen molar-refractivity contribution < 1.29 is 18.4 Å². The Kier molecular flexibility index (Phi) is 5.39. The molecule has 0 spiro atoms. The van der Waals surface area contributed by atoms with Gasteiger partial charge in [-0.3, -0.25) is 9.59 Å². The summed E-state index contributed by atoms with van der Waals surface area (Å²) in [5.74, 6) is -1.51. The average Bonchev–Trinajstić information content (AvgIpc) is 3.13. The molecule has 29 heavy (non-hydrogen) atoms. The van der Waals surface area contributed by atoms with Gasteiger partial charge in [-0.1, -0.05) is 12.5 Å². The maximum atomic E-state index is 14.6. The van der Waals surface area contributed by atoms with Gasteiger partial charge in [-0.2, -0.15) is 0 Å². The third-order valence-electron chi connectivity index (χ3n) is 6.09. The van der Waals surface area contributed by atoms with Gasteiger partial charge < -0.3 is 14.4 Å². The molecule has 1 saturated carbocycles. The fourth-order valence-electron chi connectivity index (χ4n) is 4.22. The molecule has 1 aliphatic heterocycles. The third kappa shape index (κ3) is 3.66. The van der Waals surface area contributed by atoms with Crippen LogP contribution in [0.5, 0.6) is 0 Å². The van der Waals surface area contributed by atoms with E-state index in [1.807, 2.05) is 29.8 Å². The molecular weight excluding hydrogens is 376 g/mol. The first-order valence-electron chi connectivity index (χ1n) is 10.2. The zero-order valence-corrected chi connectivity index (χ0v) is 16.5. The predicted molar refractivity (Wildman–Crippen MR) is 104 cm³/mol. The van der Waals surface area contributed by atoms with Crippen molar-refractivity contribution in [3.63, 3.8) is 0 Å². The molecule has 5 nitrogen and oxygen atoms in total. The van der Waals surface area contributed by atoms with Gasteiger partial charge in [0.05, 0.1) is 6.54 Å². The van der Waals surface area contributed by atoms with Gasteiger partial charge in [0.2, 0.25) is 11.8 Å². The Bertz CT molecular complexity index is 923. The highest BCUT2D eigenvalue weighted by Crippen LogP contribution is 2.34. The minimum atomic E-state index is -0.680. The van der Waals surface area contributed by atoms with Gasteiger partial charge >= 0.3 is 0 Å². The van der Waals surface area contributed by atoms with Crippen LogP contribution in [0.2, 0.25) is 0 Å². The van der Waals surface area contributed by atoms with Crippen molar-refractivity contribution in [3.8, 4) is 0 Å². The molecule has 1 aromatic carbocycles. The van der Waals surface area contributed by atoms with Crippen LogP contribution >= 0.6 is 0 Å². The Hall–Kier alpha value is -2.70. The molecular formula is C22H25F2N3O2. The summed E-state index contributed by atoms with van der Waals surface area (Å²) >= 11 is 0. The summed E-state index contributed by atoms with van der Waals surface area (Å²) < 4.78 is 30.1. The Labute approximate surface area is 168 Å². The van der Waals surface area contributed by atoms with Crippen molar-refractivity contribution in [2.75, 3.05) is 19.6 Å². The van der Waals surface area contributed by atoms with Crippen molar-refractivity contribution in [1.82, 2.24) is 14.4 Å². The fraction of sp³-hybridized carbons (Fsp3) is 0.455. The molecule has 2 amide bonds. The zero-order valence-electron chi connectivity index (χ0n) is 16.5. The molecule has 2 heterocycles. The van der Waals surface area contributed by atoms with Crippen LogP contribution in [0.4, 0.5) is 8.78 Å². The molecule has 154 valence electrons. The monoisotopic (exact) mass is 401 g/mol. The average molecular weight is 401 g/mol. The van der Waals surface area contributed by atoms with Crippen molar-refractivity contribution in [2.45, 2.75) is 38.8 Å². The standard InChI is InChI=1S/C22H25F2N3O2/c1-2-25(22(29)15-5-3-6-15)14-20(28)27-12-11-26-10-4-7-19(26)21(27)17-9-8-16(23)13-18(17)24/h4,7-10,13,15,21H,2-3,5-6,11-12,14H2,1H3. The summed E-state index contributed by atoms with van der Waals surface area (Å²) in [6, 6.07) is 6.51. The van der Waals surface area contributed by atoms with E-state index in [0.29, 0.717) is 19.6 Å². The first-order valence-corrected chi connectivity index (χ1v) is 10.2. The van der Waals surface area contributed by atoms with Crippen LogP contribution in [0.15, 0.2) is 36.5 Å². The van der Waals surface area contributed by atoms with Gasteiger partial charge in [0.25, 0.3) is 0 Å². The highest BCUT2D eigenvalue weighted by molar-refractivity contribution is 5.86. The van der Waals surface area contributed by atoms with Crippen molar-refractivity contribution >= 4 is 11.8 Å². The Morgan fingerprint density at radius 1 is 1.17 bits per heavy atom. The van der Waals surface area contributed by atoms with Crippen LogP contribution < -0.4 is 0 Å². The van der Waals surface area contributed by atoms with E-state index in [1.165, 1.54) is 12.1 Å². The highest BCUT2D eigenvalue weighted by atomic mass is 19.1.